The van der Waals surface area contributed by atoms with Gasteiger partial charge in [0.1, 0.15) is 0 Å². The molecule has 0 atom stereocenters. The second kappa shape index (κ2) is 7.21. The number of nitrogens with zero attached hydrogens (tertiary/aromatic N) is 1. The van der Waals surface area contributed by atoms with Crippen LogP contribution in [0, 0.1) is 5.92 Å². The van der Waals surface area contributed by atoms with Gasteiger partial charge >= 0.3 is 0 Å². The predicted molar refractivity (Wildman–Crippen MR) is 93.4 cm³/mol. The molecule has 2 aliphatic heterocycles. The molecule has 0 unspecified atom stereocenters. The summed E-state index contributed by atoms with van der Waals surface area (Å²) in [6.45, 7) is 5.51. The highest BCUT2D eigenvalue weighted by Crippen LogP contribution is 2.25. The molecule has 0 aliphatic carbocycles. The Morgan fingerprint density at radius 2 is 2.00 bits per heavy atom. The Hall–Kier alpha value is -1.44. The predicted octanol–water partition coefficient (Wildman–Crippen LogP) is 1.58. The average Bonchev–Trinajstić information content (AvgIpc) is 2.56. The number of piperidine rings is 1. The molecule has 1 saturated heterocycles. The van der Waals surface area contributed by atoms with Gasteiger partial charge in [0.25, 0.3) is 0 Å². The van der Waals surface area contributed by atoms with Crippen molar-refractivity contribution in [2.45, 2.75) is 37.5 Å². The lowest BCUT2D eigenvalue weighted by Gasteiger charge is -2.30. The number of carbonyl (C=O) groups excluding carboxylic acids is 1. The van der Waals surface area contributed by atoms with Crippen LogP contribution in [-0.4, -0.2) is 45.4 Å². The number of fused-ring (bicyclic) bond motifs is 1. The number of likely N-dealkylation sites (tertiary alicyclic amines) is 1. The fourth-order valence-electron chi connectivity index (χ4n) is 3.23. The van der Waals surface area contributed by atoms with Crippen LogP contribution in [0.5, 0.6) is 0 Å². The van der Waals surface area contributed by atoms with Crippen LogP contribution < -0.4 is 10.0 Å². The molecule has 0 saturated carbocycles. The van der Waals surface area contributed by atoms with Crippen LogP contribution >= 0.6 is 0 Å². The summed E-state index contributed by atoms with van der Waals surface area (Å²) in [7, 11) is -3.51. The lowest BCUT2D eigenvalue weighted by Crippen LogP contribution is -2.39. The number of hydrogen-bond donors (Lipinski definition) is 2. The number of aryl methyl sites for hydroxylation is 1. The van der Waals surface area contributed by atoms with E-state index in [0.717, 1.165) is 31.1 Å². The number of sulfonamides is 1. The highest BCUT2D eigenvalue weighted by Gasteiger charge is 2.20. The zero-order chi connectivity index (χ0) is 17.2. The van der Waals surface area contributed by atoms with Crippen LogP contribution in [-0.2, 0) is 21.2 Å². The highest BCUT2D eigenvalue weighted by atomic mass is 32.2. The molecule has 0 radical (unpaired) electrons. The molecule has 0 bridgehead atoms. The van der Waals surface area contributed by atoms with Crippen LogP contribution in [0.15, 0.2) is 23.1 Å². The van der Waals surface area contributed by atoms with E-state index in [4.69, 9.17) is 0 Å². The van der Waals surface area contributed by atoms with E-state index in [2.05, 4.69) is 21.9 Å². The van der Waals surface area contributed by atoms with Crippen molar-refractivity contribution in [2.24, 2.45) is 5.92 Å². The van der Waals surface area contributed by atoms with Crippen molar-refractivity contribution >= 4 is 21.6 Å². The van der Waals surface area contributed by atoms with E-state index in [-0.39, 0.29) is 10.8 Å². The number of amides is 1. The van der Waals surface area contributed by atoms with E-state index in [1.165, 1.54) is 12.8 Å². The molecule has 2 aliphatic rings. The first kappa shape index (κ1) is 17.4. The van der Waals surface area contributed by atoms with Gasteiger partial charge in [-0.2, -0.15) is 0 Å². The molecule has 2 N–H and O–H groups in total. The average molecular weight is 351 g/mol. The van der Waals surface area contributed by atoms with E-state index in [0.29, 0.717) is 25.1 Å². The minimum Gasteiger partial charge on any atom is -0.326 e. The summed E-state index contributed by atoms with van der Waals surface area (Å²) < 4.78 is 27.6. The van der Waals surface area contributed by atoms with Crippen molar-refractivity contribution in [1.82, 2.24) is 9.62 Å². The second-order valence-electron chi connectivity index (χ2n) is 6.79. The van der Waals surface area contributed by atoms with Gasteiger partial charge in [0, 0.05) is 25.2 Å². The van der Waals surface area contributed by atoms with Gasteiger partial charge in [-0.05, 0) is 62.0 Å². The molecule has 1 amide bonds. The Bertz CT molecular complexity index is 710. The summed E-state index contributed by atoms with van der Waals surface area (Å²) in [5.74, 6) is 0.751. The molecule has 2 heterocycles. The minimum absolute atomic E-state index is 0.0212. The first-order valence-corrected chi connectivity index (χ1v) is 10.1. The first-order valence-electron chi connectivity index (χ1n) is 8.59. The van der Waals surface area contributed by atoms with Gasteiger partial charge in [0.05, 0.1) is 4.90 Å². The van der Waals surface area contributed by atoms with Crippen LogP contribution in [0.1, 0.15) is 31.7 Å². The SMILES string of the molecule is CC1CCN(CCNS(=O)(=O)c2ccc3c(c2)CCC(=O)N3)CC1. The van der Waals surface area contributed by atoms with E-state index >= 15 is 0 Å². The fourth-order valence-corrected chi connectivity index (χ4v) is 4.31. The Morgan fingerprint density at radius 1 is 1.25 bits per heavy atom. The summed E-state index contributed by atoms with van der Waals surface area (Å²) in [6.07, 6.45) is 3.35. The van der Waals surface area contributed by atoms with Crippen molar-refractivity contribution in [3.8, 4) is 0 Å². The van der Waals surface area contributed by atoms with Gasteiger partial charge in [-0.3, -0.25) is 4.79 Å². The summed E-state index contributed by atoms with van der Waals surface area (Å²) in [5.41, 5.74) is 1.59. The molecule has 0 spiro atoms. The largest absolute Gasteiger partial charge is 0.326 e. The Morgan fingerprint density at radius 3 is 2.75 bits per heavy atom. The fraction of sp³-hybridized carbons (Fsp3) is 0.588. The molecular weight excluding hydrogens is 326 g/mol. The number of anilines is 1. The molecule has 7 heteroatoms. The van der Waals surface area contributed by atoms with Crippen LogP contribution in [0.3, 0.4) is 0 Å². The maximum absolute atomic E-state index is 12.5. The number of carbonyl (C=O) groups is 1. The second-order valence-corrected chi connectivity index (χ2v) is 8.56. The van der Waals surface area contributed by atoms with Gasteiger partial charge in [-0.1, -0.05) is 6.92 Å². The van der Waals surface area contributed by atoms with Gasteiger partial charge < -0.3 is 10.2 Å². The zero-order valence-electron chi connectivity index (χ0n) is 14.0. The van der Waals surface area contributed by atoms with Gasteiger partial charge in [0.15, 0.2) is 0 Å². The van der Waals surface area contributed by atoms with Crippen LogP contribution in [0.4, 0.5) is 5.69 Å². The monoisotopic (exact) mass is 351 g/mol. The van der Waals surface area contributed by atoms with Crippen molar-refractivity contribution in [3.63, 3.8) is 0 Å². The third-order valence-corrected chi connectivity index (χ3v) is 6.34. The number of nitrogens with one attached hydrogen (secondary N) is 2. The lowest BCUT2D eigenvalue weighted by atomic mass is 9.99. The molecule has 132 valence electrons. The normalized spacial score (nSPS) is 19.8. The molecule has 0 aromatic heterocycles. The van der Waals surface area contributed by atoms with Crippen molar-refractivity contribution in [1.29, 1.82) is 0 Å². The Balaban J connectivity index is 1.58. The van der Waals surface area contributed by atoms with E-state index in [1.807, 2.05) is 0 Å². The van der Waals surface area contributed by atoms with Crippen LogP contribution in [0.2, 0.25) is 0 Å². The van der Waals surface area contributed by atoms with E-state index < -0.39 is 10.0 Å². The molecule has 6 nitrogen and oxygen atoms in total. The maximum atomic E-state index is 12.5. The minimum atomic E-state index is -3.51. The molecular formula is C17H25N3O3S. The molecule has 1 aromatic carbocycles. The summed E-state index contributed by atoms with van der Waals surface area (Å²) in [6, 6.07) is 4.89. The smallest absolute Gasteiger partial charge is 0.240 e. The highest BCUT2D eigenvalue weighted by molar-refractivity contribution is 7.89. The molecule has 1 aromatic rings. The number of hydrogen-bond acceptors (Lipinski definition) is 4. The van der Waals surface area contributed by atoms with E-state index in [1.54, 1.807) is 18.2 Å². The maximum Gasteiger partial charge on any atom is 0.240 e. The quantitative estimate of drug-likeness (QED) is 0.844. The third kappa shape index (κ3) is 4.15. The van der Waals surface area contributed by atoms with E-state index in [9.17, 15) is 13.2 Å². The third-order valence-electron chi connectivity index (χ3n) is 4.88. The van der Waals surface area contributed by atoms with Crippen LogP contribution in [0.25, 0.3) is 0 Å². The van der Waals surface area contributed by atoms with Crippen molar-refractivity contribution in [2.75, 3.05) is 31.5 Å². The summed E-state index contributed by atoms with van der Waals surface area (Å²) >= 11 is 0. The molecule has 1 fully saturated rings. The summed E-state index contributed by atoms with van der Waals surface area (Å²) in [4.78, 5) is 14.0. The number of rotatable bonds is 5. The molecule has 3 rings (SSSR count). The Kier molecular flexibility index (Phi) is 5.22. The van der Waals surface area contributed by atoms with Crippen molar-refractivity contribution in [3.05, 3.63) is 23.8 Å². The standard InChI is InChI=1S/C17H25N3O3S/c1-13-6-9-20(10-7-13)11-8-18-24(22,23)15-3-4-16-14(12-15)2-5-17(21)19-16/h3-4,12-13,18H,2,5-11H2,1H3,(H,19,21). The molecule has 24 heavy (non-hydrogen) atoms. The lowest BCUT2D eigenvalue weighted by molar-refractivity contribution is -0.116. The number of benzene rings is 1. The van der Waals surface area contributed by atoms with Gasteiger partial charge in [0.2, 0.25) is 15.9 Å². The summed E-state index contributed by atoms with van der Waals surface area (Å²) in [5, 5.41) is 2.77. The van der Waals surface area contributed by atoms with Gasteiger partial charge in [-0.15, -0.1) is 0 Å². The topological polar surface area (TPSA) is 78.5 Å². The van der Waals surface area contributed by atoms with Crippen molar-refractivity contribution < 1.29 is 13.2 Å². The zero-order valence-corrected chi connectivity index (χ0v) is 14.9. The Labute approximate surface area is 143 Å². The van der Waals surface area contributed by atoms with Gasteiger partial charge in [-0.25, -0.2) is 13.1 Å². The first-order chi connectivity index (χ1) is 11.4.